The number of halogens is 1. The van der Waals surface area contributed by atoms with E-state index in [1.165, 1.54) is 24.4 Å². The fourth-order valence-corrected chi connectivity index (χ4v) is 1.46. The van der Waals surface area contributed by atoms with Gasteiger partial charge in [0, 0.05) is 18.0 Å². The molecule has 1 aliphatic rings. The second-order valence-corrected chi connectivity index (χ2v) is 3.74. The van der Waals surface area contributed by atoms with Crippen LogP contribution < -0.4 is 21.5 Å². The maximum Gasteiger partial charge on any atom is 0.244 e. The molecule has 1 amide bonds. The van der Waals surface area contributed by atoms with Crippen LogP contribution in [0.4, 0.5) is 10.1 Å². The first-order chi connectivity index (χ1) is 8.56. The molecule has 0 radical (unpaired) electrons. The quantitative estimate of drug-likeness (QED) is 0.686. The van der Waals surface area contributed by atoms with E-state index < -0.39 is 17.8 Å². The number of amides is 1. The number of primary amides is 1. The van der Waals surface area contributed by atoms with E-state index in [0.717, 1.165) is 6.07 Å². The van der Waals surface area contributed by atoms with Gasteiger partial charge >= 0.3 is 0 Å². The van der Waals surface area contributed by atoms with Crippen molar-refractivity contribution in [1.29, 1.82) is 0 Å². The Morgan fingerprint density at radius 2 is 2.22 bits per heavy atom. The summed E-state index contributed by atoms with van der Waals surface area (Å²) in [5.74, 6) is -0.747. The summed E-state index contributed by atoms with van der Waals surface area (Å²) in [6, 6.07) is 3.43. The molecule has 6 heteroatoms. The number of allylic oxidation sites excluding steroid dienone is 1. The van der Waals surface area contributed by atoms with Gasteiger partial charge in [-0.1, -0.05) is 0 Å². The highest BCUT2D eigenvalue weighted by atomic mass is 19.1. The summed E-state index contributed by atoms with van der Waals surface area (Å²) in [6.07, 6.45) is 4.55. The summed E-state index contributed by atoms with van der Waals surface area (Å²) in [6.45, 7) is 0. The molecule has 5 N–H and O–H groups in total. The molecule has 0 saturated heterocycles. The van der Waals surface area contributed by atoms with E-state index in [9.17, 15) is 9.18 Å². The molecule has 1 aliphatic heterocycles. The Kier molecular flexibility index (Phi) is 3.18. The lowest BCUT2D eigenvalue weighted by molar-refractivity contribution is -0.118. The number of nitrogen functional groups attached to an aromatic ring is 1. The Morgan fingerprint density at radius 3 is 2.89 bits per heavy atom. The number of carbonyl (C=O) groups excluding carboxylic acids is 1. The smallest absolute Gasteiger partial charge is 0.244 e. The molecule has 1 heterocycles. The third-order valence-electron chi connectivity index (χ3n) is 2.34. The van der Waals surface area contributed by atoms with Crippen molar-refractivity contribution in [3.05, 3.63) is 48.1 Å². The number of dihydropyridines is 1. The summed E-state index contributed by atoms with van der Waals surface area (Å²) >= 11 is 0. The van der Waals surface area contributed by atoms with Crippen LogP contribution in [-0.4, -0.2) is 11.9 Å². The van der Waals surface area contributed by atoms with Crippen molar-refractivity contribution >= 4 is 11.6 Å². The Hall–Kier alpha value is -2.50. The monoisotopic (exact) mass is 249 g/mol. The third kappa shape index (κ3) is 2.60. The first kappa shape index (κ1) is 12.0. The van der Waals surface area contributed by atoms with Crippen molar-refractivity contribution in [3.8, 4) is 5.75 Å². The van der Waals surface area contributed by atoms with Gasteiger partial charge in [0.2, 0.25) is 5.91 Å². The van der Waals surface area contributed by atoms with Gasteiger partial charge in [-0.3, -0.25) is 4.79 Å². The standard InChI is InChI=1S/C12H12FN3O2/c13-9-5-7(14)1-2-11(9)18-8-3-4-16-10(6-8)12(15)17/h1-6,10,16H,14H2,(H2,15,17)/t10-/m1/s1. The van der Waals surface area contributed by atoms with Crippen LogP contribution in [0.25, 0.3) is 0 Å². The van der Waals surface area contributed by atoms with Crippen molar-refractivity contribution in [2.75, 3.05) is 5.73 Å². The largest absolute Gasteiger partial charge is 0.454 e. The van der Waals surface area contributed by atoms with Gasteiger partial charge in [-0.15, -0.1) is 0 Å². The van der Waals surface area contributed by atoms with Crippen molar-refractivity contribution in [3.63, 3.8) is 0 Å². The third-order valence-corrected chi connectivity index (χ3v) is 2.34. The second-order valence-electron chi connectivity index (χ2n) is 3.74. The van der Waals surface area contributed by atoms with Gasteiger partial charge in [-0.05, 0) is 24.3 Å². The van der Waals surface area contributed by atoms with Crippen molar-refractivity contribution in [2.24, 2.45) is 5.73 Å². The number of anilines is 1. The van der Waals surface area contributed by atoms with Gasteiger partial charge in [-0.25, -0.2) is 4.39 Å². The minimum absolute atomic E-state index is 0.0326. The highest BCUT2D eigenvalue weighted by molar-refractivity contribution is 5.82. The van der Waals surface area contributed by atoms with Crippen LogP contribution in [0.15, 0.2) is 42.3 Å². The fourth-order valence-electron chi connectivity index (χ4n) is 1.46. The summed E-state index contributed by atoms with van der Waals surface area (Å²) in [4.78, 5) is 11.0. The molecule has 1 aromatic carbocycles. The van der Waals surface area contributed by atoms with Gasteiger partial charge in [-0.2, -0.15) is 0 Å². The van der Waals surface area contributed by atoms with Gasteiger partial charge in [0.05, 0.1) is 0 Å². The lowest BCUT2D eigenvalue weighted by atomic mass is 10.2. The lowest BCUT2D eigenvalue weighted by Gasteiger charge is -2.16. The summed E-state index contributed by atoms with van der Waals surface area (Å²) in [5, 5.41) is 2.73. The van der Waals surface area contributed by atoms with E-state index >= 15 is 0 Å². The van der Waals surface area contributed by atoms with Crippen molar-refractivity contribution < 1.29 is 13.9 Å². The molecule has 18 heavy (non-hydrogen) atoms. The minimum atomic E-state index is -0.665. The van der Waals surface area contributed by atoms with E-state index in [4.69, 9.17) is 16.2 Å². The molecule has 94 valence electrons. The van der Waals surface area contributed by atoms with Gasteiger partial charge in [0.15, 0.2) is 11.6 Å². The normalized spacial score (nSPS) is 17.8. The molecular weight excluding hydrogens is 237 g/mol. The number of ether oxygens (including phenoxy) is 1. The molecule has 0 aromatic heterocycles. The molecule has 2 rings (SSSR count). The second kappa shape index (κ2) is 4.79. The molecule has 5 nitrogen and oxygen atoms in total. The number of nitrogens with one attached hydrogen (secondary N) is 1. The highest BCUT2D eigenvalue weighted by Gasteiger charge is 2.15. The van der Waals surface area contributed by atoms with Crippen molar-refractivity contribution in [2.45, 2.75) is 6.04 Å². The van der Waals surface area contributed by atoms with Crippen LogP contribution in [-0.2, 0) is 4.79 Å². The lowest BCUT2D eigenvalue weighted by Crippen LogP contribution is -2.38. The molecule has 0 spiro atoms. The Morgan fingerprint density at radius 1 is 1.44 bits per heavy atom. The van der Waals surface area contributed by atoms with E-state index in [2.05, 4.69) is 5.32 Å². The predicted molar refractivity (Wildman–Crippen MR) is 64.8 cm³/mol. The number of hydrogen-bond acceptors (Lipinski definition) is 4. The van der Waals surface area contributed by atoms with E-state index in [0.29, 0.717) is 11.4 Å². The number of rotatable bonds is 3. The van der Waals surface area contributed by atoms with Crippen LogP contribution in [0.5, 0.6) is 5.75 Å². The Labute approximate surface area is 103 Å². The van der Waals surface area contributed by atoms with Crippen LogP contribution in [0.1, 0.15) is 0 Å². The molecule has 0 fully saturated rings. The van der Waals surface area contributed by atoms with Crippen LogP contribution >= 0.6 is 0 Å². The fraction of sp³-hybridized carbons (Fsp3) is 0.0833. The average Bonchev–Trinajstić information content (AvgIpc) is 2.33. The van der Waals surface area contributed by atoms with Crippen LogP contribution in [0.2, 0.25) is 0 Å². The molecule has 0 unspecified atom stereocenters. The Bertz CT molecular complexity index is 540. The maximum absolute atomic E-state index is 13.5. The number of carbonyl (C=O) groups is 1. The van der Waals surface area contributed by atoms with E-state index in [1.807, 2.05) is 0 Å². The van der Waals surface area contributed by atoms with Gasteiger partial charge in [0.1, 0.15) is 11.8 Å². The SMILES string of the molecule is NC(=O)[C@H]1C=C(Oc2ccc(N)cc2F)C=CN1. The zero-order valence-electron chi connectivity index (χ0n) is 9.39. The van der Waals surface area contributed by atoms with Crippen LogP contribution in [0.3, 0.4) is 0 Å². The topological polar surface area (TPSA) is 90.4 Å². The molecule has 0 bridgehead atoms. The van der Waals surface area contributed by atoms with Gasteiger partial charge in [0.25, 0.3) is 0 Å². The summed E-state index contributed by atoms with van der Waals surface area (Å²) < 4.78 is 18.8. The average molecular weight is 249 g/mol. The van der Waals surface area contributed by atoms with Crippen LogP contribution in [0, 0.1) is 5.82 Å². The molecule has 0 aliphatic carbocycles. The molecule has 1 atom stereocenters. The minimum Gasteiger partial charge on any atom is -0.454 e. The first-order valence-electron chi connectivity index (χ1n) is 5.23. The van der Waals surface area contributed by atoms with Gasteiger partial charge < -0.3 is 21.5 Å². The number of benzene rings is 1. The molecular formula is C12H12FN3O2. The van der Waals surface area contributed by atoms with E-state index in [1.54, 1.807) is 6.08 Å². The van der Waals surface area contributed by atoms with Crippen molar-refractivity contribution in [1.82, 2.24) is 5.32 Å². The molecule has 1 aromatic rings. The highest BCUT2D eigenvalue weighted by Crippen LogP contribution is 2.22. The molecule has 0 saturated carbocycles. The predicted octanol–water partition coefficient (Wildman–Crippen LogP) is 0.641. The summed E-state index contributed by atoms with van der Waals surface area (Å²) in [7, 11) is 0. The summed E-state index contributed by atoms with van der Waals surface area (Å²) in [5.41, 5.74) is 10.9. The first-order valence-corrected chi connectivity index (χ1v) is 5.23. The zero-order valence-corrected chi connectivity index (χ0v) is 9.39. The number of hydrogen-bond donors (Lipinski definition) is 3. The number of nitrogens with two attached hydrogens (primary N) is 2. The van der Waals surface area contributed by atoms with E-state index in [-0.39, 0.29) is 5.75 Å². The zero-order chi connectivity index (χ0) is 13.1. The maximum atomic E-state index is 13.5. The Balaban J connectivity index is 2.18.